The molecule has 25 heavy (non-hydrogen) atoms. The lowest BCUT2D eigenvalue weighted by molar-refractivity contribution is 0.465. The molecule has 0 atom stereocenters. The van der Waals surface area contributed by atoms with Crippen LogP contribution in [0.3, 0.4) is 0 Å². The van der Waals surface area contributed by atoms with E-state index in [-0.39, 0.29) is 11.3 Å². The van der Waals surface area contributed by atoms with Crippen LogP contribution in [0, 0.1) is 12.7 Å². The predicted molar refractivity (Wildman–Crippen MR) is 100 cm³/mol. The summed E-state index contributed by atoms with van der Waals surface area (Å²) in [5, 5.41) is 4.23. The number of nitrogens with one attached hydrogen (secondary N) is 1. The Kier molecular flexibility index (Phi) is 3.62. The maximum Gasteiger partial charge on any atom is 0.192 e. The molecule has 1 aliphatic heterocycles. The maximum absolute atomic E-state index is 14.3. The van der Waals surface area contributed by atoms with Crippen molar-refractivity contribution >= 4 is 43.3 Å². The van der Waals surface area contributed by atoms with Crippen LogP contribution in [0.4, 0.5) is 4.39 Å². The first kappa shape index (κ1) is 15.4. The molecule has 0 spiro atoms. The molecule has 1 N–H and O–H groups in total. The standard InChI is InChI=1S/C18H16FN3OS2/c1-9-21-16-12(19)6-11(7-13(16)23-9)17-22-18-15(25-17)8-14(24-18)10-2-4-20-5-3-10/h6-8,10,20H,2-5H2,1H3. The molecule has 128 valence electrons. The molecule has 3 aromatic heterocycles. The van der Waals surface area contributed by atoms with Crippen LogP contribution in [-0.4, -0.2) is 23.1 Å². The van der Waals surface area contributed by atoms with Crippen LogP contribution in [0.1, 0.15) is 29.5 Å². The first-order valence-electron chi connectivity index (χ1n) is 8.35. The Hall–Kier alpha value is -1.83. The Labute approximate surface area is 151 Å². The first-order valence-corrected chi connectivity index (χ1v) is 9.99. The molecular weight excluding hydrogens is 357 g/mol. The molecule has 0 amide bonds. The molecule has 0 saturated carbocycles. The zero-order valence-electron chi connectivity index (χ0n) is 13.6. The Morgan fingerprint density at radius 1 is 1.16 bits per heavy atom. The van der Waals surface area contributed by atoms with Crippen LogP contribution in [0.5, 0.6) is 0 Å². The van der Waals surface area contributed by atoms with Gasteiger partial charge in [0.05, 0.1) is 4.70 Å². The highest BCUT2D eigenvalue weighted by atomic mass is 32.1. The Balaban J connectivity index is 1.53. The van der Waals surface area contributed by atoms with Crippen molar-refractivity contribution < 1.29 is 8.81 Å². The fourth-order valence-corrected chi connectivity index (χ4v) is 5.79. The highest BCUT2D eigenvalue weighted by molar-refractivity contribution is 7.28. The summed E-state index contributed by atoms with van der Waals surface area (Å²) >= 11 is 3.39. The smallest absolute Gasteiger partial charge is 0.192 e. The number of benzene rings is 1. The van der Waals surface area contributed by atoms with Crippen LogP contribution in [-0.2, 0) is 0 Å². The van der Waals surface area contributed by atoms with Crippen molar-refractivity contribution in [2.24, 2.45) is 0 Å². The summed E-state index contributed by atoms with van der Waals surface area (Å²) in [6.07, 6.45) is 2.38. The van der Waals surface area contributed by atoms with Crippen molar-refractivity contribution in [3.05, 3.63) is 34.8 Å². The molecular formula is C18H16FN3OS2. The van der Waals surface area contributed by atoms with Gasteiger partial charge in [-0.3, -0.25) is 0 Å². The number of thiazole rings is 1. The van der Waals surface area contributed by atoms with E-state index >= 15 is 0 Å². The molecule has 7 heteroatoms. The van der Waals surface area contributed by atoms with Gasteiger partial charge in [-0.1, -0.05) is 0 Å². The molecule has 5 rings (SSSR count). The lowest BCUT2D eigenvalue weighted by Crippen LogP contribution is -2.26. The van der Waals surface area contributed by atoms with Gasteiger partial charge in [-0.25, -0.2) is 14.4 Å². The zero-order chi connectivity index (χ0) is 17.0. The van der Waals surface area contributed by atoms with Gasteiger partial charge in [0.1, 0.15) is 15.4 Å². The molecule has 4 heterocycles. The third kappa shape index (κ3) is 2.67. The van der Waals surface area contributed by atoms with E-state index in [0.29, 0.717) is 17.4 Å². The number of aryl methyl sites for hydroxylation is 1. The van der Waals surface area contributed by atoms with E-state index in [4.69, 9.17) is 9.40 Å². The van der Waals surface area contributed by atoms with Gasteiger partial charge < -0.3 is 9.73 Å². The van der Waals surface area contributed by atoms with Crippen molar-refractivity contribution in [2.75, 3.05) is 13.1 Å². The number of halogens is 1. The maximum atomic E-state index is 14.3. The summed E-state index contributed by atoms with van der Waals surface area (Å²) in [6, 6.07) is 5.60. The van der Waals surface area contributed by atoms with E-state index in [9.17, 15) is 4.39 Å². The van der Waals surface area contributed by atoms with Gasteiger partial charge in [0.25, 0.3) is 0 Å². The number of fused-ring (bicyclic) bond motifs is 2. The predicted octanol–water partition coefficient (Wildman–Crippen LogP) is 5.08. The number of thiophene rings is 1. The normalized spacial score (nSPS) is 16.2. The van der Waals surface area contributed by atoms with Gasteiger partial charge >= 0.3 is 0 Å². The second-order valence-corrected chi connectivity index (χ2v) is 8.49. The minimum absolute atomic E-state index is 0.285. The van der Waals surface area contributed by atoms with E-state index in [1.807, 2.05) is 6.07 Å². The average molecular weight is 373 g/mol. The van der Waals surface area contributed by atoms with E-state index < -0.39 is 0 Å². The third-order valence-corrected chi connectivity index (χ3v) is 7.02. The summed E-state index contributed by atoms with van der Waals surface area (Å²) in [4.78, 5) is 11.3. The molecule has 0 bridgehead atoms. The highest BCUT2D eigenvalue weighted by Gasteiger charge is 2.20. The monoisotopic (exact) mass is 373 g/mol. The van der Waals surface area contributed by atoms with Crippen LogP contribution in [0.2, 0.25) is 0 Å². The molecule has 0 aliphatic carbocycles. The Morgan fingerprint density at radius 2 is 2.00 bits per heavy atom. The highest BCUT2D eigenvalue weighted by Crippen LogP contribution is 2.40. The first-order chi connectivity index (χ1) is 12.2. The van der Waals surface area contributed by atoms with E-state index in [1.165, 1.54) is 28.5 Å². The zero-order valence-corrected chi connectivity index (χ0v) is 15.3. The number of piperidine rings is 1. The number of hydrogen-bond donors (Lipinski definition) is 1. The number of hydrogen-bond acceptors (Lipinski definition) is 6. The molecule has 4 nitrogen and oxygen atoms in total. The number of oxazole rings is 1. The average Bonchev–Trinajstić information content (AvgIpc) is 3.27. The summed E-state index contributed by atoms with van der Waals surface area (Å²) in [7, 11) is 0. The summed E-state index contributed by atoms with van der Waals surface area (Å²) in [5.74, 6) is 0.748. The fourth-order valence-electron chi connectivity index (χ4n) is 3.41. The molecule has 1 fully saturated rings. The van der Waals surface area contributed by atoms with Gasteiger partial charge in [-0.2, -0.15) is 0 Å². The van der Waals surface area contributed by atoms with E-state index in [0.717, 1.165) is 28.5 Å². The van der Waals surface area contributed by atoms with E-state index in [1.54, 1.807) is 29.6 Å². The van der Waals surface area contributed by atoms with Gasteiger partial charge in [-0.15, -0.1) is 22.7 Å². The second kappa shape index (κ2) is 5.86. The molecule has 1 aliphatic rings. The van der Waals surface area contributed by atoms with Crippen LogP contribution < -0.4 is 5.32 Å². The van der Waals surface area contributed by atoms with Crippen LogP contribution >= 0.6 is 22.7 Å². The summed E-state index contributed by atoms with van der Waals surface area (Å²) in [5.41, 5.74) is 1.51. The second-order valence-electron chi connectivity index (χ2n) is 6.40. The lowest BCUT2D eigenvalue weighted by atomic mass is 9.97. The molecule has 1 aromatic carbocycles. The van der Waals surface area contributed by atoms with E-state index in [2.05, 4.69) is 16.4 Å². The topological polar surface area (TPSA) is 51.0 Å². The van der Waals surface area contributed by atoms with Gasteiger partial charge in [0, 0.05) is 17.4 Å². The van der Waals surface area contributed by atoms with Crippen molar-refractivity contribution in [3.63, 3.8) is 0 Å². The number of rotatable bonds is 2. The summed E-state index contributed by atoms with van der Waals surface area (Å²) < 4.78 is 21.0. The molecule has 0 radical (unpaired) electrons. The van der Waals surface area contributed by atoms with Crippen molar-refractivity contribution in [3.8, 4) is 10.6 Å². The van der Waals surface area contributed by atoms with Crippen molar-refractivity contribution in [1.29, 1.82) is 0 Å². The molecule has 1 saturated heterocycles. The number of nitrogens with zero attached hydrogens (tertiary/aromatic N) is 2. The van der Waals surface area contributed by atoms with Gasteiger partial charge in [-0.05, 0) is 50.0 Å². The largest absolute Gasteiger partial charge is 0.441 e. The molecule has 4 aromatic rings. The SMILES string of the molecule is Cc1nc2c(F)cc(-c3nc4sc(C5CCNCC5)cc4s3)cc2o1. The number of aromatic nitrogens is 2. The Morgan fingerprint density at radius 3 is 2.80 bits per heavy atom. The lowest BCUT2D eigenvalue weighted by Gasteiger charge is -2.21. The van der Waals surface area contributed by atoms with Crippen molar-refractivity contribution in [1.82, 2.24) is 15.3 Å². The van der Waals surface area contributed by atoms with Gasteiger partial charge in [0.2, 0.25) is 0 Å². The third-order valence-electron chi connectivity index (χ3n) is 4.65. The van der Waals surface area contributed by atoms with Crippen molar-refractivity contribution in [2.45, 2.75) is 25.7 Å². The minimum Gasteiger partial charge on any atom is -0.441 e. The van der Waals surface area contributed by atoms with Gasteiger partial charge in [0.15, 0.2) is 17.3 Å². The fraction of sp³-hybridized carbons (Fsp3) is 0.333. The quantitative estimate of drug-likeness (QED) is 0.532. The van der Waals surface area contributed by atoms with Crippen LogP contribution in [0.25, 0.3) is 31.2 Å². The Bertz CT molecular complexity index is 1040. The van der Waals surface area contributed by atoms with Crippen LogP contribution in [0.15, 0.2) is 22.6 Å². The summed E-state index contributed by atoms with van der Waals surface area (Å²) in [6.45, 7) is 3.90. The molecule has 0 unspecified atom stereocenters. The minimum atomic E-state index is -0.363.